The molecule has 2 N–H and O–H groups in total. The fraction of sp³-hybridized carbons (Fsp3) is 0.520. The van der Waals surface area contributed by atoms with E-state index in [0.717, 1.165) is 11.8 Å². The number of nitrogens with one attached hydrogen (secondary N) is 1. The number of rotatable bonds is 16. The number of aliphatic hydroxyl groups is 1. The number of anilines is 2. The molecule has 0 aliphatic heterocycles. The van der Waals surface area contributed by atoms with Crippen molar-refractivity contribution in [2.24, 2.45) is 0 Å². The molecule has 2 aromatic rings. The van der Waals surface area contributed by atoms with Crippen molar-refractivity contribution in [3.63, 3.8) is 0 Å². The van der Waals surface area contributed by atoms with Crippen LogP contribution < -0.4 is 14.5 Å². The number of pyridine rings is 1. The Morgan fingerprint density at radius 3 is 2.19 bits per heavy atom. The number of aliphatic hydroxyl groups excluding tert-OH is 1. The first-order chi connectivity index (χ1) is 17.2. The van der Waals surface area contributed by atoms with Crippen molar-refractivity contribution in [2.75, 3.05) is 69.1 Å². The third-order valence-electron chi connectivity index (χ3n) is 5.48. The fourth-order valence-corrected chi connectivity index (χ4v) is 4.60. The van der Waals surface area contributed by atoms with Crippen LogP contribution in [0.2, 0.25) is 0 Å². The van der Waals surface area contributed by atoms with Crippen molar-refractivity contribution in [3.8, 4) is 0 Å². The molecule has 10 nitrogen and oxygen atoms in total. The Morgan fingerprint density at radius 1 is 1.06 bits per heavy atom. The molecule has 1 heterocycles. The Labute approximate surface area is 214 Å². The van der Waals surface area contributed by atoms with E-state index in [1.165, 1.54) is 10.4 Å². The van der Waals surface area contributed by atoms with Gasteiger partial charge in [0.15, 0.2) is 0 Å². The smallest absolute Gasteiger partial charge is 0.251 e. The van der Waals surface area contributed by atoms with Crippen molar-refractivity contribution in [1.29, 1.82) is 0 Å². The summed E-state index contributed by atoms with van der Waals surface area (Å²) in [7, 11) is -0.458. The molecule has 0 fully saturated rings. The van der Waals surface area contributed by atoms with Gasteiger partial charge in [-0.15, -0.1) is 0 Å². The van der Waals surface area contributed by atoms with Crippen molar-refractivity contribution in [2.45, 2.75) is 25.8 Å². The quantitative estimate of drug-likeness (QED) is 0.342. The van der Waals surface area contributed by atoms with Gasteiger partial charge in [0.05, 0.1) is 32.1 Å². The Morgan fingerprint density at radius 2 is 1.67 bits per heavy atom. The number of benzene rings is 1. The minimum Gasteiger partial charge on any atom is -0.394 e. The molecule has 1 aromatic carbocycles. The second-order valence-electron chi connectivity index (χ2n) is 8.42. The Hall–Kier alpha value is -2.73. The van der Waals surface area contributed by atoms with Gasteiger partial charge in [-0.25, -0.2) is 13.4 Å². The molecule has 0 radical (unpaired) electrons. The first kappa shape index (κ1) is 29.5. The average molecular weight is 523 g/mol. The van der Waals surface area contributed by atoms with Gasteiger partial charge in [0, 0.05) is 39.4 Å². The van der Waals surface area contributed by atoms with Crippen LogP contribution >= 0.6 is 0 Å². The number of sulfonamides is 1. The Balaban J connectivity index is 2.46. The van der Waals surface area contributed by atoms with Crippen molar-refractivity contribution >= 4 is 27.6 Å². The molecule has 0 saturated heterocycles. The van der Waals surface area contributed by atoms with Crippen LogP contribution in [0.5, 0.6) is 0 Å². The number of nitrogens with zero attached hydrogens (tertiary/aromatic N) is 3. The van der Waals surface area contributed by atoms with Crippen LogP contribution in [0.3, 0.4) is 0 Å². The molecule has 1 amide bonds. The van der Waals surface area contributed by atoms with E-state index in [1.807, 2.05) is 42.2 Å². The lowest BCUT2D eigenvalue weighted by molar-refractivity contribution is 0.0916. The van der Waals surface area contributed by atoms with Crippen molar-refractivity contribution in [3.05, 3.63) is 53.6 Å². The van der Waals surface area contributed by atoms with Crippen LogP contribution in [-0.4, -0.2) is 90.4 Å². The molecule has 2 rings (SSSR count). The van der Waals surface area contributed by atoms with Gasteiger partial charge in [-0.2, -0.15) is 0 Å². The van der Waals surface area contributed by atoms with E-state index in [0.29, 0.717) is 45.0 Å². The molecule has 0 aliphatic rings. The zero-order valence-corrected chi connectivity index (χ0v) is 22.3. The van der Waals surface area contributed by atoms with Crippen LogP contribution in [0.1, 0.15) is 29.3 Å². The van der Waals surface area contributed by atoms with Gasteiger partial charge in [0.25, 0.3) is 5.91 Å². The number of carbonyl (C=O) groups excluding carboxylic acids is 1. The molecule has 11 heteroatoms. The summed E-state index contributed by atoms with van der Waals surface area (Å²) in [5.41, 5.74) is 1.22. The van der Waals surface area contributed by atoms with Gasteiger partial charge < -0.3 is 24.8 Å². The Bertz CT molecular complexity index is 1040. The molecule has 1 aromatic heterocycles. The summed E-state index contributed by atoms with van der Waals surface area (Å²) in [4.78, 5) is 19.8. The first-order valence-electron chi connectivity index (χ1n) is 11.9. The normalized spacial score (nSPS) is 12.2. The summed E-state index contributed by atoms with van der Waals surface area (Å²) in [6.45, 7) is 3.60. The molecule has 36 heavy (non-hydrogen) atoms. The van der Waals surface area contributed by atoms with E-state index in [1.54, 1.807) is 20.3 Å². The maximum absolute atomic E-state index is 13.3. The van der Waals surface area contributed by atoms with E-state index in [4.69, 9.17) is 9.47 Å². The molecule has 200 valence electrons. The van der Waals surface area contributed by atoms with Crippen LogP contribution in [0.15, 0.2) is 42.5 Å². The summed E-state index contributed by atoms with van der Waals surface area (Å²) in [5, 5.41) is 12.8. The molecular formula is C25H38N4O6S. The lowest BCUT2D eigenvalue weighted by atomic mass is 10.1. The minimum absolute atomic E-state index is 0.158. The number of methoxy groups -OCH3 is 2. The van der Waals surface area contributed by atoms with E-state index in [-0.39, 0.29) is 24.5 Å². The average Bonchev–Trinajstić information content (AvgIpc) is 2.86. The third kappa shape index (κ3) is 9.05. The van der Waals surface area contributed by atoms with Gasteiger partial charge >= 0.3 is 0 Å². The SMILES string of the molecule is CCCN(c1cc(C(=O)N[C@H](CO)Cc2ccccc2)cc(N(CCOC)CCOC)n1)S(C)(=O)=O. The maximum Gasteiger partial charge on any atom is 0.251 e. The van der Waals surface area contributed by atoms with Crippen LogP contribution in [0.25, 0.3) is 0 Å². The van der Waals surface area contributed by atoms with Gasteiger partial charge in [-0.3, -0.25) is 9.10 Å². The number of ether oxygens (including phenoxy) is 2. The minimum atomic E-state index is -3.64. The lowest BCUT2D eigenvalue weighted by Gasteiger charge is -2.27. The van der Waals surface area contributed by atoms with E-state index in [9.17, 15) is 18.3 Å². The monoisotopic (exact) mass is 522 g/mol. The van der Waals surface area contributed by atoms with Crippen molar-refractivity contribution in [1.82, 2.24) is 10.3 Å². The van der Waals surface area contributed by atoms with E-state index in [2.05, 4.69) is 10.3 Å². The molecule has 0 bridgehead atoms. The second-order valence-corrected chi connectivity index (χ2v) is 10.3. The predicted molar refractivity (Wildman–Crippen MR) is 141 cm³/mol. The zero-order valence-electron chi connectivity index (χ0n) is 21.5. The number of hydrogen-bond donors (Lipinski definition) is 2. The van der Waals surface area contributed by atoms with Gasteiger partial charge in [0.2, 0.25) is 10.0 Å². The third-order valence-corrected chi connectivity index (χ3v) is 6.65. The molecule has 0 unspecified atom stereocenters. The summed E-state index contributed by atoms with van der Waals surface area (Å²) in [6.07, 6.45) is 2.14. The van der Waals surface area contributed by atoms with Crippen LogP contribution in [0, 0.1) is 0 Å². The molecule has 0 aliphatic carbocycles. The molecule has 0 saturated carbocycles. The highest BCUT2D eigenvalue weighted by atomic mass is 32.2. The highest BCUT2D eigenvalue weighted by molar-refractivity contribution is 7.92. The predicted octanol–water partition coefficient (Wildman–Crippen LogP) is 1.69. The summed E-state index contributed by atoms with van der Waals surface area (Å²) < 4.78 is 36.8. The first-order valence-corrected chi connectivity index (χ1v) is 13.8. The van der Waals surface area contributed by atoms with E-state index < -0.39 is 22.0 Å². The largest absolute Gasteiger partial charge is 0.394 e. The fourth-order valence-electron chi connectivity index (χ4n) is 3.65. The topological polar surface area (TPSA) is 121 Å². The highest BCUT2D eigenvalue weighted by Gasteiger charge is 2.23. The lowest BCUT2D eigenvalue weighted by Crippen LogP contribution is -2.39. The van der Waals surface area contributed by atoms with Crippen molar-refractivity contribution < 1.29 is 27.8 Å². The van der Waals surface area contributed by atoms with Crippen LogP contribution in [0.4, 0.5) is 11.6 Å². The van der Waals surface area contributed by atoms with Gasteiger partial charge in [-0.05, 0) is 30.5 Å². The summed E-state index contributed by atoms with van der Waals surface area (Å²) in [6, 6.07) is 12.1. The molecular weight excluding hydrogens is 484 g/mol. The number of aromatic nitrogens is 1. The van der Waals surface area contributed by atoms with Gasteiger partial charge in [-0.1, -0.05) is 37.3 Å². The number of hydrogen-bond acceptors (Lipinski definition) is 8. The van der Waals surface area contributed by atoms with E-state index >= 15 is 0 Å². The second kappa shape index (κ2) is 14.7. The highest BCUT2D eigenvalue weighted by Crippen LogP contribution is 2.23. The number of carbonyl (C=O) groups is 1. The summed E-state index contributed by atoms with van der Waals surface area (Å²) >= 11 is 0. The molecule has 0 spiro atoms. The zero-order chi connectivity index (χ0) is 26.6. The summed E-state index contributed by atoms with van der Waals surface area (Å²) in [5.74, 6) is 0.156. The van der Waals surface area contributed by atoms with Gasteiger partial charge in [0.1, 0.15) is 11.6 Å². The standard InChI is InChI=1S/C25H38N4O6S/c1-5-11-29(36(4,32)33)24-18-21(17-23(27-24)28(12-14-34-2)13-15-35-3)25(31)26-22(19-30)16-20-9-7-6-8-10-20/h6-10,17-18,22,30H,5,11-16,19H2,1-4H3,(H,26,31)/t22-/m0/s1. The number of amides is 1. The Kier molecular flexibility index (Phi) is 12.1. The maximum atomic E-state index is 13.3. The molecule has 1 atom stereocenters. The van der Waals surface area contributed by atoms with Crippen LogP contribution in [-0.2, 0) is 25.9 Å².